The van der Waals surface area contributed by atoms with Crippen molar-refractivity contribution < 1.29 is 46.0 Å². The zero-order chi connectivity index (χ0) is 19.7. The van der Waals surface area contributed by atoms with Gasteiger partial charge in [-0.15, -0.1) is 0 Å². The highest BCUT2D eigenvalue weighted by Crippen LogP contribution is 2.35. The first-order chi connectivity index (χ1) is 11.9. The van der Waals surface area contributed by atoms with Gasteiger partial charge in [0.25, 0.3) is 5.91 Å². The number of amides is 1. The van der Waals surface area contributed by atoms with E-state index in [1.165, 1.54) is 19.1 Å². The number of rotatable bonds is 5. The van der Waals surface area contributed by atoms with Crippen LogP contribution in [0, 0.1) is 6.92 Å². The normalized spacial score (nSPS) is 14.2. The number of fused-ring (bicyclic) bond motifs is 1. The third kappa shape index (κ3) is 4.13. The van der Waals surface area contributed by atoms with Crippen LogP contribution >= 0.6 is 0 Å². The van der Waals surface area contributed by atoms with Crippen LogP contribution in [0.3, 0.4) is 0 Å². The molecule has 1 aromatic carbocycles. The van der Waals surface area contributed by atoms with Gasteiger partial charge in [0.2, 0.25) is 0 Å². The highest BCUT2D eigenvalue weighted by molar-refractivity contribution is 6.62. The Balaban J connectivity index is 1.93. The molecule has 0 bridgehead atoms. The molecule has 26 heavy (non-hydrogen) atoms. The predicted octanol–water partition coefficient (Wildman–Crippen LogP) is 0.683. The van der Waals surface area contributed by atoms with Crippen LogP contribution in [0.15, 0.2) is 12.1 Å². The van der Waals surface area contributed by atoms with Crippen molar-refractivity contribution in [2.45, 2.75) is 25.6 Å². The van der Waals surface area contributed by atoms with Crippen molar-refractivity contribution >= 4 is 24.5 Å². The summed E-state index contributed by atoms with van der Waals surface area (Å²) in [4.78, 5) is 23.3. The Morgan fingerprint density at radius 1 is 1.31 bits per heavy atom. The Morgan fingerprint density at radius 2 is 1.96 bits per heavy atom. The lowest BCUT2D eigenvalue weighted by atomic mass is 9.75. The Bertz CT molecular complexity index is 724. The number of hydrogen-bond donors (Lipinski definition) is 2. The van der Waals surface area contributed by atoms with Crippen molar-refractivity contribution in [3.63, 3.8) is 0 Å². The van der Waals surface area contributed by atoms with Gasteiger partial charge in [0, 0.05) is 5.56 Å². The van der Waals surface area contributed by atoms with E-state index in [1.54, 1.807) is 0 Å². The van der Waals surface area contributed by atoms with Gasteiger partial charge in [-0.2, -0.15) is 22.0 Å². The fourth-order valence-electron chi connectivity index (χ4n) is 2.30. The van der Waals surface area contributed by atoms with Gasteiger partial charge >= 0.3 is 25.2 Å². The van der Waals surface area contributed by atoms with Crippen LogP contribution in [0.25, 0.3) is 0 Å². The number of benzene rings is 1. The molecule has 1 aliphatic heterocycles. The Kier molecular flexibility index (Phi) is 5.56. The van der Waals surface area contributed by atoms with Crippen molar-refractivity contribution in [1.82, 2.24) is 5.32 Å². The molecule has 0 atom stereocenters. The lowest BCUT2D eigenvalue weighted by molar-refractivity contribution is -0.294. The minimum Gasteiger partial charge on any atom is -0.458 e. The second-order valence-corrected chi connectivity index (χ2v) is 5.52. The van der Waals surface area contributed by atoms with Crippen molar-refractivity contribution in [2.75, 3.05) is 13.2 Å². The first kappa shape index (κ1) is 20.1. The smallest absolute Gasteiger partial charge is 0.458 e. The van der Waals surface area contributed by atoms with Crippen LogP contribution in [0.1, 0.15) is 21.5 Å². The van der Waals surface area contributed by atoms with E-state index in [-0.39, 0.29) is 12.2 Å². The van der Waals surface area contributed by atoms with Gasteiger partial charge in [-0.1, -0.05) is 6.07 Å². The van der Waals surface area contributed by atoms with E-state index in [9.17, 15) is 36.6 Å². The largest absolute Gasteiger partial charge is 0.492 e. The number of alkyl halides is 5. The van der Waals surface area contributed by atoms with E-state index in [2.05, 4.69) is 10.1 Å². The number of ether oxygens (including phenoxy) is 1. The number of halogens is 5. The molecule has 0 spiro atoms. The molecule has 1 aromatic rings. The first-order valence-electron chi connectivity index (χ1n) is 7.24. The maximum absolute atomic E-state index is 12.6. The summed E-state index contributed by atoms with van der Waals surface area (Å²) in [6.45, 7) is -1.37. The highest BCUT2D eigenvalue weighted by atomic mass is 19.4. The Hall–Kier alpha value is -2.21. The van der Waals surface area contributed by atoms with Gasteiger partial charge in [0.15, 0.2) is 6.61 Å². The molecule has 142 valence electrons. The lowest BCUT2D eigenvalue weighted by Gasteiger charge is -2.19. The third-order valence-electron chi connectivity index (χ3n) is 3.72. The molecule has 0 aromatic heterocycles. The number of nitrogens with one attached hydrogen (secondary N) is 1. The number of carbonyl (C=O) groups is 2. The van der Waals surface area contributed by atoms with Crippen LogP contribution in [-0.4, -0.2) is 49.3 Å². The molecule has 0 unspecified atom stereocenters. The second kappa shape index (κ2) is 7.19. The lowest BCUT2D eigenvalue weighted by Crippen LogP contribution is -2.42. The SMILES string of the molecule is Cc1c(C(=O)NCC(=O)OCC(F)(F)C(F)(F)F)ccc2c1B(O)OC2. The fraction of sp³-hybridized carbons (Fsp3) is 0.429. The first-order valence-corrected chi connectivity index (χ1v) is 7.24. The topological polar surface area (TPSA) is 84.9 Å². The van der Waals surface area contributed by atoms with E-state index in [1.807, 2.05) is 0 Å². The summed E-state index contributed by atoms with van der Waals surface area (Å²) in [6, 6.07) is 2.95. The molecular weight excluding hydrogens is 368 g/mol. The molecule has 0 radical (unpaired) electrons. The van der Waals surface area contributed by atoms with Crippen molar-refractivity contribution in [3.05, 3.63) is 28.8 Å². The zero-order valence-corrected chi connectivity index (χ0v) is 13.3. The standard InChI is InChI=1S/C14H13BF5NO5/c1-7-9(3-2-8-5-26-15(24)11(7)8)12(23)21-4-10(22)25-6-13(16,17)14(18,19)20/h2-3,24H,4-6H2,1H3,(H,21,23). The van der Waals surface area contributed by atoms with Crippen molar-refractivity contribution in [1.29, 1.82) is 0 Å². The minimum atomic E-state index is -5.85. The van der Waals surface area contributed by atoms with E-state index in [4.69, 9.17) is 4.65 Å². The number of hydrogen-bond acceptors (Lipinski definition) is 5. The summed E-state index contributed by atoms with van der Waals surface area (Å²) in [7, 11) is -1.20. The molecule has 1 amide bonds. The number of esters is 1. The summed E-state index contributed by atoms with van der Waals surface area (Å²) in [5.74, 6) is -7.42. The average molecular weight is 381 g/mol. The van der Waals surface area contributed by atoms with E-state index in [0.717, 1.165) is 0 Å². The van der Waals surface area contributed by atoms with Gasteiger partial charge in [0.1, 0.15) is 6.54 Å². The molecule has 12 heteroatoms. The molecule has 1 aliphatic rings. The predicted molar refractivity (Wildman–Crippen MR) is 77.9 cm³/mol. The molecule has 0 saturated heterocycles. The molecule has 6 nitrogen and oxygen atoms in total. The summed E-state index contributed by atoms with van der Waals surface area (Å²) >= 11 is 0. The third-order valence-corrected chi connectivity index (χ3v) is 3.72. The van der Waals surface area contributed by atoms with Crippen molar-refractivity contribution in [2.24, 2.45) is 0 Å². The summed E-state index contributed by atoms with van der Waals surface area (Å²) in [6.07, 6.45) is -5.85. The molecular formula is C14H13BF5NO5. The van der Waals surface area contributed by atoms with Gasteiger partial charge in [-0.3, -0.25) is 9.59 Å². The maximum Gasteiger partial charge on any atom is 0.492 e. The highest BCUT2D eigenvalue weighted by Gasteiger charge is 2.58. The molecule has 2 N–H and O–H groups in total. The van der Waals surface area contributed by atoms with Crippen LogP contribution in [0.5, 0.6) is 0 Å². The summed E-state index contributed by atoms with van der Waals surface area (Å²) in [5.41, 5.74) is 1.56. The maximum atomic E-state index is 12.6. The number of carbonyl (C=O) groups excluding carboxylic acids is 2. The van der Waals surface area contributed by atoms with Crippen molar-refractivity contribution in [3.8, 4) is 0 Å². The summed E-state index contributed by atoms with van der Waals surface area (Å²) < 4.78 is 70.1. The summed E-state index contributed by atoms with van der Waals surface area (Å²) in [5, 5.41) is 11.8. The van der Waals surface area contributed by atoms with E-state index in [0.29, 0.717) is 16.6 Å². The van der Waals surface area contributed by atoms with Gasteiger partial charge in [-0.05, 0) is 29.6 Å². The molecule has 2 rings (SSSR count). The quantitative estimate of drug-likeness (QED) is 0.446. The van der Waals surface area contributed by atoms with Crippen LogP contribution < -0.4 is 10.8 Å². The van der Waals surface area contributed by atoms with E-state index < -0.39 is 44.2 Å². The van der Waals surface area contributed by atoms with Crippen LogP contribution in [0.2, 0.25) is 0 Å². The molecule has 0 saturated carbocycles. The van der Waals surface area contributed by atoms with Gasteiger partial charge in [-0.25, -0.2) is 0 Å². The Morgan fingerprint density at radius 3 is 2.58 bits per heavy atom. The zero-order valence-electron chi connectivity index (χ0n) is 13.3. The monoisotopic (exact) mass is 381 g/mol. The van der Waals surface area contributed by atoms with Gasteiger partial charge in [0.05, 0.1) is 6.61 Å². The van der Waals surface area contributed by atoms with Crippen LogP contribution in [0.4, 0.5) is 22.0 Å². The Labute approximate surface area is 144 Å². The van der Waals surface area contributed by atoms with Crippen LogP contribution in [-0.2, 0) is 20.8 Å². The molecule has 0 fully saturated rings. The van der Waals surface area contributed by atoms with Gasteiger partial charge < -0.3 is 19.7 Å². The minimum absolute atomic E-state index is 0.0849. The van der Waals surface area contributed by atoms with E-state index >= 15 is 0 Å². The average Bonchev–Trinajstić information content (AvgIpc) is 2.92. The second-order valence-electron chi connectivity index (χ2n) is 5.52. The fourth-order valence-corrected chi connectivity index (χ4v) is 2.30. The molecule has 0 aliphatic carbocycles. The molecule has 1 heterocycles.